The van der Waals surface area contributed by atoms with Crippen LogP contribution in [0.15, 0.2) is 29.2 Å². The van der Waals surface area contributed by atoms with Crippen molar-refractivity contribution in [1.82, 2.24) is 15.2 Å². The molecule has 0 fully saturated rings. The van der Waals surface area contributed by atoms with Crippen LogP contribution in [0.2, 0.25) is 0 Å². The van der Waals surface area contributed by atoms with E-state index in [0.717, 1.165) is 22.7 Å². The summed E-state index contributed by atoms with van der Waals surface area (Å²) in [5.41, 5.74) is 5.35. The van der Waals surface area contributed by atoms with Crippen LogP contribution in [0.1, 0.15) is 32.3 Å². The Hall–Kier alpha value is -1.97. The molecule has 1 atom stereocenters. The molecular weight excluding hydrogens is 358 g/mol. The van der Waals surface area contributed by atoms with Crippen molar-refractivity contribution in [2.24, 2.45) is 0 Å². The molecule has 9 heteroatoms. The number of benzene rings is 1. The molecule has 0 spiro atoms. The summed E-state index contributed by atoms with van der Waals surface area (Å²) < 4.78 is 31.0. The van der Waals surface area contributed by atoms with Gasteiger partial charge in [-0.15, -0.1) is 0 Å². The lowest BCUT2D eigenvalue weighted by atomic mass is 10.2. The minimum Gasteiger partial charge on any atom is -0.369 e. The molecule has 26 heavy (non-hydrogen) atoms. The number of ether oxygens (including phenoxy) is 1. The second kappa shape index (κ2) is 10.2. The molecule has 1 aromatic carbocycles. The lowest BCUT2D eigenvalue weighted by molar-refractivity contribution is -0.136. The van der Waals surface area contributed by atoms with Crippen molar-refractivity contribution in [3.8, 4) is 0 Å². The molecule has 0 radical (unpaired) electrons. The lowest BCUT2D eigenvalue weighted by Gasteiger charge is -2.18. The highest BCUT2D eigenvalue weighted by molar-refractivity contribution is 7.89. The molecule has 1 unspecified atom stereocenters. The predicted molar refractivity (Wildman–Crippen MR) is 97.6 cm³/mol. The van der Waals surface area contributed by atoms with E-state index in [4.69, 9.17) is 4.74 Å². The van der Waals surface area contributed by atoms with Crippen LogP contribution in [0.5, 0.6) is 0 Å². The van der Waals surface area contributed by atoms with Crippen molar-refractivity contribution in [3.05, 3.63) is 29.8 Å². The van der Waals surface area contributed by atoms with Crippen LogP contribution >= 0.6 is 0 Å². The Morgan fingerprint density at radius 1 is 1.19 bits per heavy atom. The average Bonchev–Trinajstić information content (AvgIpc) is 2.60. The van der Waals surface area contributed by atoms with Crippen LogP contribution in [0, 0.1) is 6.92 Å². The number of nitrogens with zero attached hydrogens (tertiary/aromatic N) is 1. The summed E-state index contributed by atoms with van der Waals surface area (Å²) in [6.07, 6.45) is 1.08. The first kappa shape index (κ1) is 22.1. The molecule has 2 amide bonds. The van der Waals surface area contributed by atoms with Gasteiger partial charge in [-0.3, -0.25) is 20.4 Å². The van der Waals surface area contributed by atoms with Gasteiger partial charge in [0.15, 0.2) is 0 Å². The number of likely N-dealkylation sites (N-methyl/N-ethyl adjacent to an activating group) is 1. The molecular formula is C17H27N3O5S. The molecule has 146 valence electrons. The fraction of sp³-hybridized carbons (Fsp3) is 0.529. The molecule has 1 aromatic rings. The fourth-order valence-electron chi connectivity index (χ4n) is 1.93. The number of hydrazine groups is 1. The van der Waals surface area contributed by atoms with Crippen molar-refractivity contribution in [2.45, 2.75) is 44.6 Å². The number of nitrogens with one attached hydrogen (secondary N) is 2. The van der Waals surface area contributed by atoms with Gasteiger partial charge in [0, 0.05) is 13.7 Å². The molecule has 0 saturated carbocycles. The predicted octanol–water partition coefficient (Wildman–Crippen LogP) is 0.968. The third-order valence-electron chi connectivity index (χ3n) is 3.66. The summed E-state index contributed by atoms with van der Waals surface area (Å²) in [5.74, 6) is -1.16. The highest BCUT2D eigenvalue weighted by Gasteiger charge is 2.23. The smallest absolute Gasteiger partial charge is 0.267 e. The Balaban J connectivity index is 2.51. The maximum atomic E-state index is 12.4. The van der Waals surface area contributed by atoms with Crippen LogP contribution in [0.4, 0.5) is 0 Å². The first-order valence-electron chi connectivity index (χ1n) is 8.41. The molecule has 8 nitrogen and oxygen atoms in total. The first-order valence-corrected chi connectivity index (χ1v) is 9.85. The normalized spacial score (nSPS) is 12.7. The van der Waals surface area contributed by atoms with Crippen molar-refractivity contribution in [1.29, 1.82) is 0 Å². The third-order valence-corrected chi connectivity index (χ3v) is 5.47. The van der Waals surface area contributed by atoms with Crippen LogP contribution in [0.3, 0.4) is 0 Å². The molecule has 2 N–H and O–H groups in total. The van der Waals surface area contributed by atoms with Gasteiger partial charge in [-0.2, -0.15) is 4.31 Å². The number of carbonyl (C=O) groups excluding carboxylic acids is 2. The Morgan fingerprint density at radius 3 is 2.38 bits per heavy atom. The molecule has 0 aromatic heterocycles. The van der Waals surface area contributed by atoms with Gasteiger partial charge in [-0.1, -0.05) is 31.0 Å². The SMILES string of the molecule is CCCCOC(C)C(=O)NNC(=O)CN(C)S(=O)(=O)c1ccc(C)cc1. The number of hydrogen-bond donors (Lipinski definition) is 2. The maximum absolute atomic E-state index is 12.4. The second-order valence-corrected chi connectivity index (χ2v) is 8.02. The van der Waals surface area contributed by atoms with Gasteiger partial charge in [0.05, 0.1) is 11.4 Å². The Labute approximate surface area is 154 Å². The summed E-state index contributed by atoms with van der Waals surface area (Å²) >= 11 is 0. The zero-order chi connectivity index (χ0) is 19.7. The van der Waals surface area contributed by atoms with Gasteiger partial charge in [-0.25, -0.2) is 8.42 Å². The highest BCUT2D eigenvalue weighted by Crippen LogP contribution is 2.14. The van der Waals surface area contributed by atoms with Gasteiger partial charge >= 0.3 is 0 Å². The maximum Gasteiger partial charge on any atom is 0.267 e. The minimum absolute atomic E-state index is 0.0976. The number of hydrogen-bond acceptors (Lipinski definition) is 5. The standard InChI is InChI=1S/C17H27N3O5S/c1-5-6-11-25-14(3)17(22)19-18-16(21)12-20(4)26(23,24)15-9-7-13(2)8-10-15/h7-10,14H,5-6,11-12H2,1-4H3,(H,18,21)(H,19,22). The number of amides is 2. The van der Waals surface area contributed by atoms with Crippen molar-refractivity contribution in [3.63, 3.8) is 0 Å². The zero-order valence-electron chi connectivity index (χ0n) is 15.6. The monoisotopic (exact) mass is 385 g/mol. The number of unbranched alkanes of at least 4 members (excludes halogenated alkanes) is 1. The fourth-order valence-corrected chi connectivity index (χ4v) is 3.06. The Bertz CT molecular complexity index is 704. The molecule has 0 aliphatic rings. The zero-order valence-corrected chi connectivity index (χ0v) is 16.4. The lowest BCUT2D eigenvalue weighted by Crippen LogP contribution is -2.49. The number of sulfonamides is 1. The van der Waals surface area contributed by atoms with E-state index in [1.807, 2.05) is 13.8 Å². The highest BCUT2D eigenvalue weighted by atomic mass is 32.2. The summed E-state index contributed by atoms with van der Waals surface area (Å²) in [6.45, 7) is 5.46. The van der Waals surface area contributed by atoms with Gasteiger partial charge in [0.2, 0.25) is 10.0 Å². The van der Waals surface area contributed by atoms with E-state index in [2.05, 4.69) is 10.9 Å². The molecule has 0 aliphatic heterocycles. The van der Waals surface area contributed by atoms with Gasteiger partial charge < -0.3 is 4.74 Å². The number of aryl methyl sites for hydroxylation is 1. The average molecular weight is 385 g/mol. The van der Waals surface area contributed by atoms with E-state index in [1.54, 1.807) is 19.1 Å². The summed E-state index contributed by atoms with van der Waals surface area (Å²) in [4.78, 5) is 23.8. The van der Waals surface area contributed by atoms with Crippen molar-refractivity contribution < 1.29 is 22.7 Å². The quantitative estimate of drug-likeness (QED) is 0.487. The Kier molecular flexibility index (Phi) is 8.70. The van der Waals surface area contributed by atoms with E-state index < -0.39 is 34.5 Å². The van der Waals surface area contributed by atoms with Crippen LogP contribution in [-0.2, 0) is 24.3 Å². The minimum atomic E-state index is -3.79. The second-order valence-electron chi connectivity index (χ2n) is 5.98. The van der Waals surface area contributed by atoms with Gasteiger partial charge in [0.25, 0.3) is 11.8 Å². The molecule has 0 bridgehead atoms. The van der Waals surface area contributed by atoms with E-state index >= 15 is 0 Å². The largest absolute Gasteiger partial charge is 0.369 e. The summed E-state index contributed by atoms with van der Waals surface area (Å²) in [6, 6.07) is 6.33. The van der Waals surface area contributed by atoms with Crippen LogP contribution < -0.4 is 10.9 Å². The van der Waals surface area contributed by atoms with E-state index in [0.29, 0.717) is 6.61 Å². The van der Waals surface area contributed by atoms with E-state index in [9.17, 15) is 18.0 Å². The first-order chi connectivity index (χ1) is 12.2. The summed E-state index contributed by atoms with van der Waals surface area (Å²) in [5, 5.41) is 0. The molecule has 0 aliphatic carbocycles. The summed E-state index contributed by atoms with van der Waals surface area (Å²) in [7, 11) is -2.49. The van der Waals surface area contributed by atoms with E-state index in [-0.39, 0.29) is 4.90 Å². The van der Waals surface area contributed by atoms with Gasteiger partial charge in [-0.05, 0) is 32.4 Å². The molecule has 1 rings (SSSR count). The number of carbonyl (C=O) groups is 2. The topological polar surface area (TPSA) is 105 Å². The van der Waals surface area contributed by atoms with Crippen molar-refractivity contribution in [2.75, 3.05) is 20.2 Å². The molecule has 0 saturated heterocycles. The van der Waals surface area contributed by atoms with Crippen LogP contribution in [0.25, 0.3) is 0 Å². The van der Waals surface area contributed by atoms with Crippen molar-refractivity contribution >= 4 is 21.8 Å². The van der Waals surface area contributed by atoms with Crippen LogP contribution in [-0.4, -0.2) is 50.8 Å². The third kappa shape index (κ3) is 6.74. The Morgan fingerprint density at radius 2 is 1.81 bits per heavy atom. The number of rotatable bonds is 9. The molecule has 0 heterocycles. The van der Waals surface area contributed by atoms with Gasteiger partial charge in [0.1, 0.15) is 6.10 Å². The van der Waals surface area contributed by atoms with E-state index in [1.165, 1.54) is 19.2 Å².